The minimum absolute atomic E-state index is 0. The number of sulfonamides is 1. The van der Waals surface area contributed by atoms with E-state index in [0.29, 0.717) is 30.9 Å². The molecule has 2 N–H and O–H groups in total. The molecule has 142 valence electrons. The molecule has 0 bridgehead atoms. The van der Waals surface area contributed by atoms with Crippen LogP contribution in [0.3, 0.4) is 0 Å². The number of benzene rings is 1. The van der Waals surface area contributed by atoms with Crippen molar-refractivity contribution in [1.29, 1.82) is 0 Å². The first-order chi connectivity index (χ1) is 11.4. The molecule has 1 amide bonds. The van der Waals surface area contributed by atoms with Gasteiger partial charge in [0.1, 0.15) is 0 Å². The number of aryl methyl sites for hydroxylation is 1. The Bertz CT molecular complexity index is 688. The van der Waals surface area contributed by atoms with E-state index >= 15 is 0 Å². The van der Waals surface area contributed by atoms with E-state index in [9.17, 15) is 13.2 Å². The van der Waals surface area contributed by atoms with Crippen LogP contribution in [0, 0.1) is 12.8 Å². The largest absolute Gasteiger partial charge is 0.326 e. The van der Waals surface area contributed by atoms with Crippen molar-refractivity contribution in [2.24, 2.45) is 5.92 Å². The van der Waals surface area contributed by atoms with E-state index in [2.05, 4.69) is 10.6 Å². The Balaban J connectivity index is 0.00000312. The lowest BCUT2D eigenvalue weighted by Crippen LogP contribution is -2.36. The number of piperidine rings is 1. The molecule has 0 aliphatic carbocycles. The minimum Gasteiger partial charge on any atom is -0.326 e. The zero-order chi connectivity index (χ0) is 17.7. The summed E-state index contributed by atoms with van der Waals surface area (Å²) in [7, 11) is -1.72. The molecule has 0 aromatic heterocycles. The van der Waals surface area contributed by atoms with Gasteiger partial charge < -0.3 is 10.6 Å². The van der Waals surface area contributed by atoms with Crippen molar-refractivity contribution >= 4 is 34.0 Å². The summed E-state index contributed by atoms with van der Waals surface area (Å²) in [5.41, 5.74) is 1.21. The van der Waals surface area contributed by atoms with E-state index in [1.807, 2.05) is 6.92 Å². The normalized spacial score (nSPS) is 16.8. The molecule has 1 atom stereocenters. The van der Waals surface area contributed by atoms with Crippen LogP contribution in [0.1, 0.15) is 31.7 Å². The van der Waals surface area contributed by atoms with Crippen molar-refractivity contribution in [2.45, 2.75) is 38.0 Å². The number of hydrogen-bond donors (Lipinski definition) is 2. The molecule has 8 heteroatoms. The zero-order valence-electron chi connectivity index (χ0n) is 15.0. The van der Waals surface area contributed by atoms with Gasteiger partial charge in [-0.05, 0) is 44.5 Å². The van der Waals surface area contributed by atoms with Gasteiger partial charge in [-0.25, -0.2) is 8.42 Å². The third-order valence-electron chi connectivity index (χ3n) is 4.35. The molecule has 1 aromatic carbocycles. The van der Waals surface area contributed by atoms with Gasteiger partial charge in [-0.3, -0.25) is 4.79 Å². The highest BCUT2D eigenvalue weighted by molar-refractivity contribution is 7.89. The van der Waals surface area contributed by atoms with E-state index < -0.39 is 10.0 Å². The highest BCUT2D eigenvalue weighted by Crippen LogP contribution is 2.26. The summed E-state index contributed by atoms with van der Waals surface area (Å²) < 4.78 is 27.3. The fourth-order valence-corrected chi connectivity index (χ4v) is 4.63. The average Bonchev–Trinajstić information content (AvgIpc) is 2.57. The minimum atomic E-state index is -3.51. The number of rotatable bonds is 6. The summed E-state index contributed by atoms with van der Waals surface area (Å²) in [6.07, 6.45) is 2.87. The Morgan fingerprint density at radius 2 is 1.88 bits per heavy atom. The number of carbonyl (C=O) groups is 1. The van der Waals surface area contributed by atoms with E-state index in [1.165, 1.54) is 0 Å². The molecule has 1 saturated heterocycles. The van der Waals surface area contributed by atoms with Crippen LogP contribution in [0.2, 0.25) is 0 Å². The Morgan fingerprint density at radius 3 is 2.48 bits per heavy atom. The number of anilines is 1. The van der Waals surface area contributed by atoms with E-state index in [-0.39, 0.29) is 29.1 Å². The molecule has 0 saturated carbocycles. The molecule has 0 radical (unpaired) electrons. The molecule has 1 heterocycles. The van der Waals surface area contributed by atoms with Crippen LogP contribution in [-0.4, -0.2) is 45.3 Å². The van der Waals surface area contributed by atoms with Crippen LogP contribution in [0.5, 0.6) is 0 Å². The third kappa shape index (κ3) is 5.41. The first-order valence-electron chi connectivity index (χ1n) is 8.42. The third-order valence-corrected chi connectivity index (χ3v) is 6.39. The molecule has 1 aliphatic heterocycles. The van der Waals surface area contributed by atoms with Crippen LogP contribution < -0.4 is 10.6 Å². The lowest BCUT2D eigenvalue weighted by atomic mass is 10.1. The lowest BCUT2D eigenvalue weighted by molar-refractivity contribution is -0.119. The predicted octanol–water partition coefficient (Wildman–Crippen LogP) is 2.39. The molecule has 1 unspecified atom stereocenters. The molecule has 6 nitrogen and oxygen atoms in total. The Hall–Kier alpha value is -1.15. The van der Waals surface area contributed by atoms with Gasteiger partial charge in [-0.15, -0.1) is 12.4 Å². The van der Waals surface area contributed by atoms with Crippen molar-refractivity contribution < 1.29 is 13.2 Å². The number of halogens is 1. The van der Waals surface area contributed by atoms with Crippen LogP contribution in [0.15, 0.2) is 23.1 Å². The van der Waals surface area contributed by atoms with Crippen molar-refractivity contribution in [2.75, 3.05) is 32.0 Å². The van der Waals surface area contributed by atoms with Gasteiger partial charge in [-0.1, -0.05) is 19.4 Å². The molecule has 1 aromatic rings. The average molecular weight is 390 g/mol. The summed E-state index contributed by atoms with van der Waals surface area (Å²) in [6, 6.07) is 5.06. The van der Waals surface area contributed by atoms with E-state index in [4.69, 9.17) is 0 Å². The van der Waals surface area contributed by atoms with Gasteiger partial charge >= 0.3 is 0 Å². The quantitative estimate of drug-likeness (QED) is 0.782. The van der Waals surface area contributed by atoms with Gasteiger partial charge in [0.05, 0.1) is 4.90 Å². The van der Waals surface area contributed by atoms with Crippen molar-refractivity contribution in [3.05, 3.63) is 23.8 Å². The Morgan fingerprint density at radius 1 is 1.24 bits per heavy atom. The summed E-state index contributed by atoms with van der Waals surface area (Å²) in [6.45, 7) is 5.31. The topological polar surface area (TPSA) is 78.5 Å². The molecule has 25 heavy (non-hydrogen) atoms. The van der Waals surface area contributed by atoms with Gasteiger partial charge in [0.15, 0.2) is 0 Å². The van der Waals surface area contributed by atoms with E-state index in [1.54, 1.807) is 36.5 Å². The predicted molar refractivity (Wildman–Crippen MR) is 103 cm³/mol. The maximum atomic E-state index is 12.9. The molecule has 2 rings (SSSR count). The van der Waals surface area contributed by atoms with Crippen molar-refractivity contribution in [3.63, 3.8) is 0 Å². The first kappa shape index (κ1) is 21.9. The molecule has 1 fully saturated rings. The summed E-state index contributed by atoms with van der Waals surface area (Å²) in [5, 5.41) is 5.77. The number of carbonyl (C=O) groups excluding carboxylic acids is 1. The summed E-state index contributed by atoms with van der Waals surface area (Å²) >= 11 is 0. The summed E-state index contributed by atoms with van der Waals surface area (Å²) in [5.74, 6) is -0.326. The second-order valence-corrected chi connectivity index (χ2v) is 8.30. The van der Waals surface area contributed by atoms with Crippen molar-refractivity contribution in [3.8, 4) is 0 Å². The van der Waals surface area contributed by atoms with Crippen molar-refractivity contribution in [1.82, 2.24) is 9.62 Å². The Labute approximate surface area is 156 Å². The highest BCUT2D eigenvalue weighted by Gasteiger charge is 2.27. The number of nitrogens with zero attached hydrogens (tertiary/aromatic N) is 1. The standard InChI is InChI=1S/C17H27N3O3S.ClH/c1-13-7-8-15(19-17(21)14(2)12-18-3)11-16(13)24(22,23)20-9-5-4-6-10-20;/h7-8,11,14,18H,4-6,9-10,12H2,1-3H3,(H,19,21);1H. The second-order valence-electron chi connectivity index (χ2n) is 6.39. The van der Waals surface area contributed by atoms with Crippen LogP contribution >= 0.6 is 12.4 Å². The van der Waals surface area contributed by atoms with Gasteiger partial charge in [0.25, 0.3) is 0 Å². The fraction of sp³-hybridized carbons (Fsp3) is 0.588. The molecular weight excluding hydrogens is 362 g/mol. The SMILES string of the molecule is CNCC(C)C(=O)Nc1ccc(C)c(S(=O)(=O)N2CCCCC2)c1.Cl. The summed E-state index contributed by atoms with van der Waals surface area (Å²) in [4.78, 5) is 12.4. The van der Waals surface area contributed by atoms with Crippen LogP contribution in [0.25, 0.3) is 0 Å². The lowest BCUT2D eigenvalue weighted by Gasteiger charge is -2.26. The number of hydrogen-bond acceptors (Lipinski definition) is 4. The van der Waals surface area contributed by atoms with Gasteiger partial charge in [-0.2, -0.15) is 4.31 Å². The smallest absolute Gasteiger partial charge is 0.243 e. The van der Waals surface area contributed by atoms with Crippen LogP contribution in [0.4, 0.5) is 5.69 Å². The van der Waals surface area contributed by atoms with Gasteiger partial charge in [0.2, 0.25) is 15.9 Å². The molecule has 0 spiro atoms. The number of amides is 1. The molecular formula is C17H28ClN3O3S. The zero-order valence-corrected chi connectivity index (χ0v) is 16.7. The van der Waals surface area contributed by atoms with E-state index in [0.717, 1.165) is 19.3 Å². The fourth-order valence-electron chi connectivity index (χ4n) is 2.86. The Kier molecular flexibility index (Phi) is 8.34. The van der Waals surface area contributed by atoms with Gasteiger partial charge in [0, 0.05) is 31.2 Å². The second kappa shape index (κ2) is 9.52. The first-order valence-corrected chi connectivity index (χ1v) is 9.86. The maximum Gasteiger partial charge on any atom is 0.243 e. The highest BCUT2D eigenvalue weighted by atomic mass is 35.5. The maximum absolute atomic E-state index is 12.9. The monoisotopic (exact) mass is 389 g/mol. The molecule has 1 aliphatic rings. The van der Waals surface area contributed by atoms with Crippen LogP contribution in [-0.2, 0) is 14.8 Å². The number of nitrogens with one attached hydrogen (secondary N) is 2.